The summed E-state index contributed by atoms with van der Waals surface area (Å²) in [6, 6.07) is 10.1. The molecule has 2 aromatic carbocycles. The van der Waals surface area contributed by atoms with E-state index >= 15 is 0 Å². The van der Waals surface area contributed by atoms with E-state index in [-0.39, 0.29) is 18.8 Å². The molecule has 0 saturated carbocycles. The lowest BCUT2D eigenvalue weighted by atomic mass is 9.97. The highest BCUT2D eigenvalue weighted by atomic mass is 16.5. The van der Waals surface area contributed by atoms with Crippen LogP contribution in [0.15, 0.2) is 50.5 Å². The zero-order valence-corrected chi connectivity index (χ0v) is 24.4. The van der Waals surface area contributed by atoms with Gasteiger partial charge in [-0.15, -0.1) is 5.11 Å². The van der Waals surface area contributed by atoms with Crippen LogP contribution >= 0.6 is 0 Å². The number of ether oxygens (including phenoxy) is 2. The van der Waals surface area contributed by atoms with Gasteiger partial charge in [-0.1, -0.05) is 22.9 Å². The highest BCUT2D eigenvalue weighted by Gasteiger charge is 2.32. The third-order valence-corrected chi connectivity index (χ3v) is 7.47. The van der Waals surface area contributed by atoms with Crippen molar-refractivity contribution in [3.05, 3.63) is 68.6 Å². The third-order valence-electron chi connectivity index (χ3n) is 7.47. The van der Waals surface area contributed by atoms with Crippen molar-refractivity contribution in [3.63, 3.8) is 0 Å². The van der Waals surface area contributed by atoms with Crippen LogP contribution < -0.4 is 31.4 Å². The number of carbonyl (C=O) groups is 1. The first-order valence-corrected chi connectivity index (χ1v) is 13.9. The van der Waals surface area contributed by atoms with Crippen LogP contribution in [-0.2, 0) is 24.3 Å². The van der Waals surface area contributed by atoms with Crippen LogP contribution in [0.4, 0.5) is 5.69 Å². The number of nitriles is 1. The number of nitrogens with zero attached hydrogens (tertiary/aromatic N) is 6. The van der Waals surface area contributed by atoms with Crippen molar-refractivity contribution in [2.45, 2.75) is 59.3 Å². The summed E-state index contributed by atoms with van der Waals surface area (Å²) in [4.78, 5) is 31.7. The van der Waals surface area contributed by atoms with Gasteiger partial charge in [-0.3, -0.25) is 19.4 Å². The average Bonchev–Trinajstić information content (AvgIpc) is 3.45. The van der Waals surface area contributed by atoms with E-state index in [0.717, 1.165) is 39.2 Å². The van der Waals surface area contributed by atoms with Gasteiger partial charge in [0.1, 0.15) is 5.49 Å². The van der Waals surface area contributed by atoms with Gasteiger partial charge in [0.2, 0.25) is 5.91 Å². The molecule has 1 amide bonds. The Morgan fingerprint density at radius 2 is 1.95 bits per heavy atom. The number of benzene rings is 2. The normalized spacial score (nSPS) is 17.2. The van der Waals surface area contributed by atoms with Gasteiger partial charge in [-0.25, -0.2) is 9.79 Å². The molecule has 5 rings (SSSR count). The minimum Gasteiger partial charge on any atom is -0.493 e. The number of hydrogen-bond acceptors (Lipinski definition) is 9. The summed E-state index contributed by atoms with van der Waals surface area (Å²) >= 11 is 0. The lowest BCUT2D eigenvalue weighted by molar-refractivity contribution is -0.122. The molecule has 3 aromatic rings. The Hall–Kier alpha value is -4.92. The second-order valence-electron chi connectivity index (χ2n) is 10.4. The van der Waals surface area contributed by atoms with Crippen molar-refractivity contribution in [3.8, 4) is 28.8 Å². The molecule has 2 N–H and O–H groups in total. The second kappa shape index (κ2) is 11.9. The molecule has 0 radical (unpaired) electrons. The molecule has 0 fully saturated rings. The van der Waals surface area contributed by atoms with Gasteiger partial charge in [0, 0.05) is 31.3 Å². The van der Waals surface area contributed by atoms with Gasteiger partial charge in [0.15, 0.2) is 23.6 Å². The largest absolute Gasteiger partial charge is 0.493 e. The first-order chi connectivity index (χ1) is 20.2. The number of nitrogens with one attached hydrogen (secondary N) is 2. The molecule has 12 nitrogen and oxygen atoms in total. The van der Waals surface area contributed by atoms with Gasteiger partial charge >= 0.3 is 5.69 Å². The molecule has 42 heavy (non-hydrogen) atoms. The van der Waals surface area contributed by atoms with E-state index in [0.29, 0.717) is 36.6 Å². The summed E-state index contributed by atoms with van der Waals surface area (Å²) in [5.74, 6) is 0.845. The van der Waals surface area contributed by atoms with Crippen LogP contribution in [0.2, 0.25) is 0 Å². The SMILES string of the molecule is CCOc1cc2c(cc1OC)-c1c/c(=N\c3c(C)cc(C)cc3C)n(CCNC(=O)C3NN=NC3C#N)c(=O)n1CC2. The molecule has 218 valence electrons. The minimum absolute atomic E-state index is 0.144. The molecule has 0 bridgehead atoms. The Labute approximate surface area is 243 Å². The molecule has 2 aliphatic heterocycles. The van der Waals surface area contributed by atoms with Crippen LogP contribution in [0.25, 0.3) is 11.3 Å². The monoisotopic (exact) mass is 570 g/mol. The fourth-order valence-corrected chi connectivity index (χ4v) is 5.54. The summed E-state index contributed by atoms with van der Waals surface area (Å²) in [6.45, 7) is 9.27. The number of amides is 1. The number of carbonyl (C=O) groups excluding carboxylic acids is 1. The smallest absolute Gasteiger partial charge is 0.330 e. The summed E-state index contributed by atoms with van der Waals surface area (Å²) in [7, 11) is 1.60. The number of aromatic nitrogens is 2. The first-order valence-electron chi connectivity index (χ1n) is 13.9. The summed E-state index contributed by atoms with van der Waals surface area (Å²) < 4.78 is 14.7. The van der Waals surface area contributed by atoms with Crippen LogP contribution in [0.3, 0.4) is 0 Å². The molecule has 12 heteroatoms. The van der Waals surface area contributed by atoms with E-state index < -0.39 is 18.0 Å². The summed E-state index contributed by atoms with van der Waals surface area (Å²) in [5.41, 5.74) is 9.39. The fraction of sp³-hybridized carbons (Fsp3) is 0.400. The van der Waals surface area contributed by atoms with Gasteiger partial charge in [0.05, 0.1) is 31.2 Å². The lowest BCUT2D eigenvalue weighted by Crippen LogP contribution is -2.48. The predicted molar refractivity (Wildman–Crippen MR) is 156 cm³/mol. The highest BCUT2D eigenvalue weighted by Crippen LogP contribution is 2.37. The molecule has 0 aliphatic carbocycles. The standard InChI is InChI=1S/C30H34N8O4/c1-6-42-25-13-20-7-9-37-23(21(20)14-24(25)41-5)15-26(33-27-18(3)11-17(2)12-19(27)4)38(30(37)40)10-8-32-29(39)28-22(16-31)34-36-35-28/h11-15,22,28H,6-10H2,1-5H3,(H,32,39)(H,34,35)/b33-26+. The maximum Gasteiger partial charge on any atom is 0.330 e. The summed E-state index contributed by atoms with van der Waals surface area (Å²) in [5, 5.41) is 19.3. The van der Waals surface area contributed by atoms with Gasteiger partial charge in [0.25, 0.3) is 0 Å². The maximum absolute atomic E-state index is 14.0. The number of methoxy groups -OCH3 is 1. The van der Waals surface area contributed by atoms with E-state index in [4.69, 9.17) is 14.5 Å². The van der Waals surface area contributed by atoms with Crippen molar-refractivity contribution in [2.24, 2.45) is 15.3 Å². The Balaban J connectivity index is 1.60. The Bertz CT molecular complexity index is 1720. The molecular weight excluding hydrogens is 536 g/mol. The van der Waals surface area contributed by atoms with Crippen molar-refractivity contribution in [1.82, 2.24) is 19.9 Å². The molecule has 2 aliphatic rings. The number of aryl methyl sites for hydroxylation is 4. The second-order valence-corrected chi connectivity index (χ2v) is 10.4. The number of rotatable bonds is 8. The van der Waals surface area contributed by atoms with Crippen LogP contribution in [0, 0.1) is 32.1 Å². The van der Waals surface area contributed by atoms with Crippen LogP contribution in [-0.4, -0.2) is 47.4 Å². The number of fused-ring (bicyclic) bond motifs is 3. The number of hydrogen-bond donors (Lipinski definition) is 2. The molecule has 2 unspecified atom stereocenters. The first kappa shape index (κ1) is 28.6. The topological polar surface area (TPSA) is 147 Å². The Morgan fingerprint density at radius 3 is 2.64 bits per heavy atom. The van der Waals surface area contributed by atoms with E-state index in [1.54, 1.807) is 16.2 Å². The Kier molecular flexibility index (Phi) is 8.10. The average molecular weight is 571 g/mol. The third kappa shape index (κ3) is 5.37. The van der Waals surface area contributed by atoms with Gasteiger partial charge in [-0.05, 0) is 62.9 Å². The Morgan fingerprint density at radius 1 is 1.19 bits per heavy atom. The quantitative estimate of drug-likeness (QED) is 0.426. The molecule has 2 atom stereocenters. The van der Waals surface area contributed by atoms with Gasteiger partial charge < -0.3 is 14.8 Å². The molecule has 3 heterocycles. The summed E-state index contributed by atoms with van der Waals surface area (Å²) in [6.07, 6.45) is 0.644. The maximum atomic E-state index is 14.0. The van der Waals surface area contributed by atoms with Crippen molar-refractivity contribution in [2.75, 3.05) is 20.3 Å². The lowest BCUT2D eigenvalue weighted by Gasteiger charge is -2.25. The predicted octanol–water partition coefficient (Wildman–Crippen LogP) is 2.79. The minimum atomic E-state index is -0.898. The fourth-order valence-electron chi connectivity index (χ4n) is 5.54. The van der Waals surface area contributed by atoms with Crippen molar-refractivity contribution in [1.29, 1.82) is 5.26 Å². The molecular formula is C30H34N8O4. The highest BCUT2D eigenvalue weighted by molar-refractivity contribution is 5.83. The molecule has 0 spiro atoms. The van der Waals surface area contributed by atoms with Crippen molar-refractivity contribution < 1.29 is 14.3 Å². The van der Waals surface area contributed by atoms with E-state index in [1.165, 1.54) is 0 Å². The van der Waals surface area contributed by atoms with E-state index in [2.05, 4.69) is 33.2 Å². The van der Waals surface area contributed by atoms with E-state index in [1.807, 2.05) is 52.0 Å². The van der Waals surface area contributed by atoms with Crippen LogP contribution in [0.5, 0.6) is 11.5 Å². The molecule has 1 aromatic heterocycles. The van der Waals surface area contributed by atoms with E-state index in [9.17, 15) is 14.9 Å². The van der Waals surface area contributed by atoms with Crippen molar-refractivity contribution >= 4 is 11.6 Å². The zero-order chi connectivity index (χ0) is 30.0. The zero-order valence-electron chi connectivity index (χ0n) is 24.4. The molecule has 0 saturated heterocycles. The van der Waals surface area contributed by atoms with Crippen LogP contribution in [0.1, 0.15) is 29.2 Å². The van der Waals surface area contributed by atoms with Gasteiger partial charge in [-0.2, -0.15) is 5.26 Å².